The maximum Gasteiger partial charge on any atom is 0.260 e. The third kappa shape index (κ3) is 2.64. The van der Waals surface area contributed by atoms with Gasteiger partial charge in [0.05, 0.1) is 6.10 Å². The van der Waals surface area contributed by atoms with Gasteiger partial charge in [0.1, 0.15) is 0 Å². The first-order valence-corrected chi connectivity index (χ1v) is 8.88. The lowest BCUT2D eigenvalue weighted by atomic mass is 10.3. The monoisotopic (exact) mass is 331 g/mol. The Bertz CT molecular complexity index is 738. The average Bonchev–Trinajstić information content (AvgIpc) is 3.11. The number of methoxy groups -OCH3 is 1. The number of hydrogen-bond donors (Lipinski definition) is 3. The number of nitrogens with one attached hydrogen (secondary N) is 2. The van der Waals surface area contributed by atoms with E-state index in [0.29, 0.717) is 11.4 Å². The number of nitrogens with zero attached hydrogens (tertiary/aromatic N) is 2. The highest BCUT2D eigenvalue weighted by molar-refractivity contribution is 7.89. The number of rotatable bonds is 5. The van der Waals surface area contributed by atoms with Crippen LogP contribution in [0.5, 0.6) is 0 Å². The van der Waals surface area contributed by atoms with Crippen LogP contribution in [0.1, 0.15) is 19.3 Å². The summed E-state index contributed by atoms with van der Waals surface area (Å²) in [5.41, 5.74) is 2.35. The average molecular weight is 331 g/mol. The van der Waals surface area contributed by atoms with E-state index >= 15 is 0 Å². The third-order valence-electron chi connectivity index (χ3n) is 3.65. The van der Waals surface area contributed by atoms with Crippen molar-refractivity contribution in [2.45, 2.75) is 36.4 Å². The molecule has 21 heavy (non-hydrogen) atoms. The summed E-state index contributed by atoms with van der Waals surface area (Å²) in [6.07, 6.45) is 4.05. The maximum absolute atomic E-state index is 12.6. The van der Waals surface area contributed by atoms with Crippen molar-refractivity contribution in [3.63, 3.8) is 0 Å². The van der Waals surface area contributed by atoms with Gasteiger partial charge in [0.2, 0.25) is 5.03 Å². The summed E-state index contributed by atoms with van der Waals surface area (Å²) in [7, 11) is -2.07. The molecular weight excluding hydrogens is 314 g/mol. The first kappa shape index (κ1) is 14.7. The van der Waals surface area contributed by atoms with Crippen LogP contribution >= 0.6 is 11.3 Å². The molecule has 1 aliphatic rings. The van der Waals surface area contributed by atoms with Gasteiger partial charge in [0, 0.05) is 24.7 Å². The van der Waals surface area contributed by atoms with Gasteiger partial charge in [-0.1, -0.05) is 0 Å². The molecule has 1 fully saturated rings. The zero-order chi connectivity index (χ0) is 15.0. The number of sulfonamides is 1. The zero-order valence-corrected chi connectivity index (χ0v) is 13.1. The molecule has 1 saturated carbocycles. The number of ether oxygens (including phenoxy) is 1. The van der Waals surface area contributed by atoms with Crippen molar-refractivity contribution in [3.05, 3.63) is 11.6 Å². The number of thiazole rings is 1. The van der Waals surface area contributed by atoms with E-state index in [0.717, 1.165) is 12.8 Å². The molecule has 0 aliphatic heterocycles. The van der Waals surface area contributed by atoms with E-state index in [9.17, 15) is 8.42 Å². The third-order valence-corrected chi connectivity index (χ3v) is 5.95. The Morgan fingerprint density at radius 2 is 2.33 bits per heavy atom. The van der Waals surface area contributed by atoms with E-state index in [1.807, 2.05) is 0 Å². The van der Waals surface area contributed by atoms with Crippen LogP contribution in [0, 0.1) is 0 Å². The van der Waals surface area contributed by atoms with Crippen molar-refractivity contribution < 1.29 is 13.2 Å². The minimum atomic E-state index is -3.71. The molecule has 4 N–H and O–H groups in total. The van der Waals surface area contributed by atoms with E-state index in [1.54, 1.807) is 18.7 Å². The van der Waals surface area contributed by atoms with E-state index in [4.69, 9.17) is 10.6 Å². The number of anilines is 1. The van der Waals surface area contributed by atoms with E-state index in [2.05, 4.69) is 15.1 Å². The lowest BCUT2D eigenvalue weighted by Gasteiger charge is -2.13. The van der Waals surface area contributed by atoms with Crippen LogP contribution in [0.25, 0.3) is 4.96 Å². The molecule has 2 aromatic heterocycles. The Balaban J connectivity index is 1.91. The van der Waals surface area contributed by atoms with Gasteiger partial charge < -0.3 is 10.2 Å². The summed E-state index contributed by atoms with van der Waals surface area (Å²) in [4.78, 5) is 4.74. The van der Waals surface area contributed by atoms with Gasteiger partial charge in [-0.2, -0.15) is 4.98 Å². The van der Waals surface area contributed by atoms with Gasteiger partial charge in [-0.05, 0) is 19.3 Å². The molecule has 2 unspecified atom stereocenters. The van der Waals surface area contributed by atoms with Crippen molar-refractivity contribution in [3.8, 4) is 0 Å². The molecule has 116 valence electrons. The summed E-state index contributed by atoms with van der Waals surface area (Å²) < 4.78 is 34.8. The number of nitrogens with two attached hydrogens (primary N) is 1. The van der Waals surface area contributed by atoms with Crippen LogP contribution in [0.4, 0.5) is 5.82 Å². The molecule has 2 aromatic rings. The fourth-order valence-electron chi connectivity index (χ4n) is 2.65. The van der Waals surface area contributed by atoms with E-state index in [-0.39, 0.29) is 23.0 Å². The molecular formula is C11H17N5O3S2. The molecule has 0 bridgehead atoms. The number of aromatic nitrogens is 2. The molecule has 0 saturated heterocycles. The first-order chi connectivity index (χ1) is 10.0. The molecule has 0 spiro atoms. The van der Waals surface area contributed by atoms with Gasteiger partial charge in [0.15, 0.2) is 10.8 Å². The van der Waals surface area contributed by atoms with Gasteiger partial charge in [-0.3, -0.25) is 4.40 Å². The molecule has 8 nitrogen and oxygen atoms in total. The highest BCUT2D eigenvalue weighted by atomic mass is 32.2. The zero-order valence-electron chi connectivity index (χ0n) is 11.4. The highest BCUT2D eigenvalue weighted by Gasteiger charge is 2.32. The van der Waals surface area contributed by atoms with Crippen LogP contribution in [0.15, 0.2) is 16.6 Å². The second-order valence-electron chi connectivity index (χ2n) is 4.95. The van der Waals surface area contributed by atoms with Gasteiger partial charge in [0.25, 0.3) is 10.0 Å². The Morgan fingerprint density at radius 1 is 1.52 bits per heavy atom. The maximum atomic E-state index is 12.6. The fourth-order valence-corrected chi connectivity index (χ4v) is 4.95. The van der Waals surface area contributed by atoms with E-state index in [1.165, 1.54) is 15.7 Å². The fraction of sp³-hybridized carbons (Fsp3) is 0.545. The number of fused-ring (bicyclic) bond motifs is 1. The Kier molecular flexibility index (Phi) is 3.88. The molecule has 1 aliphatic carbocycles. The Morgan fingerprint density at radius 3 is 3.00 bits per heavy atom. The van der Waals surface area contributed by atoms with Gasteiger partial charge >= 0.3 is 0 Å². The van der Waals surface area contributed by atoms with Gasteiger partial charge in [-0.15, -0.1) is 11.3 Å². The van der Waals surface area contributed by atoms with Crippen LogP contribution in [0.2, 0.25) is 0 Å². The summed E-state index contributed by atoms with van der Waals surface area (Å²) in [6.45, 7) is 0. The Labute approximate surface area is 126 Å². The van der Waals surface area contributed by atoms with Crippen molar-refractivity contribution in [1.82, 2.24) is 14.1 Å². The number of imidazole rings is 1. The number of hydrazine groups is 1. The molecule has 2 atom stereocenters. The molecule has 2 heterocycles. The number of nitrogen functional groups attached to an aromatic ring is 1. The Hall–Kier alpha value is -1.20. The van der Waals surface area contributed by atoms with Crippen LogP contribution in [0.3, 0.4) is 0 Å². The van der Waals surface area contributed by atoms with Crippen LogP contribution < -0.4 is 16.0 Å². The standard InChI is InChI=1S/C11H17N5O3S2/c1-19-8-3-2-7(6-8)15-21(17,18)10-9(14-12)13-11-16(10)4-5-20-11/h4-5,7-8,14-15H,2-3,6,12H2,1H3. The molecule has 0 radical (unpaired) electrons. The molecule has 0 amide bonds. The predicted octanol–water partition coefficient (Wildman–Crippen LogP) is 0.527. The summed E-state index contributed by atoms with van der Waals surface area (Å²) in [5.74, 6) is 5.54. The normalized spacial score (nSPS) is 23.0. The summed E-state index contributed by atoms with van der Waals surface area (Å²) >= 11 is 1.34. The largest absolute Gasteiger partial charge is 0.381 e. The second-order valence-corrected chi connectivity index (χ2v) is 7.46. The lowest BCUT2D eigenvalue weighted by molar-refractivity contribution is 0.107. The summed E-state index contributed by atoms with van der Waals surface area (Å²) in [6, 6.07) is -0.130. The van der Waals surface area contributed by atoms with Crippen molar-refractivity contribution in [2.75, 3.05) is 12.5 Å². The topological polar surface area (TPSA) is 111 Å². The highest BCUT2D eigenvalue weighted by Crippen LogP contribution is 2.27. The second kappa shape index (κ2) is 5.54. The minimum absolute atomic E-state index is 0.0436. The minimum Gasteiger partial charge on any atom is -0.381 e. The molecule has 3 rings (SSSR count). The van der Waals surface area contributed by atoms with Gasteiger partial charge in [-0.25, -0.2) is 19.0 Å². The van der Waals surface area contributed by atoms with Crippen molar-refractivity contribution >= 4 is 32.1 Å². The van der Waals surface area contributed by atoms with Crippen LogP contribution in [-0.4, -0.2) is 37.1 Å². The van der Waals surface area contributed by atoms with E-state index < -0.39 is 10.0 Å². The lowest BCUT2D eigenvalue weighted by Crippen LogP contribution is -2.34. The van der Waals surface area contributed by atoms with Crippen LogP contribution in [-0.2, 0) is 14.8 Å². The first-order valence-electron chi connectivity index (χ1n) is 6.52. The predicted molar refractivity (Wildman–Crippen MR) is 79.6 cm³/mol. The quantitative estimate of drug-likeness (QED) is 0.544. The molecule has 0 aromatic carbocycles. The number of hydrogen-bond acceptors (Lipinski definition) is 7. The smallest absolute Gasteiger partial charge is 0.260 e. The van der Waals surface area contributed by atoms with Crippen molar-refractivity contribution in [1.29, 1.82) is 0 Å². The summed E-state index contributed by atoms with van der Waals surface area (Å²) in [5, 5.41) is 1.82. The van der Waals surface area contributed by atoms with Crippen molar-refractivity contribution in [2.24, 2.45) is 5.84 Å². The molecule has 10 heteroatoms. The SMILES string of the molecule is COC1CCC(NS(=O)(=O)c2c(NN)nc3sccn23)C1.